The van der Waals surface area contributed by atoms with E-state index in [1.54, 1.807) is 0 Å². The first-order valence-corrected chi connectivity index (χ1v) is 7.29. The van der Waals surface area contributed by atoms with Crippen molar-refractivity contribution in [1.29, 1.82) is 0 Å². The molecule has 5 heteroatoms. The number of aliphatic carboxylic acids is 1. The lowest BCUT2D eigenvalue weighted by atomic mass is 9.96. The second-order valence-electron chi connectivity index (χ2n) is 6.30. The Kier molecular flexibility index (Phi) is 3.25. The molecule has 0 aromatic heterocycles. The third-order valence-electron chi connectivity index (χ3n) is 5.09. The Morgan fingerprint density at radius 1 is 0.895 bits per heavy atom. The fourth-order valence-electron chi connectivity index (χ4n) is 4.15. The van der Waals surface area contributed by atoms with Gasteiger partial charge in [-0.05, 0) is 44.9 Å². The molecule has 0 aromatic rings. The van der Waals surface area contributed by atoms with Crippen LogP contribution in [-0.2, 0) is 9.59 Å². The maximum atomic E-state index is 12.6. The zero-order valence-corrected chi connectivity index (χ0v) is 11.0. The molecule has 106 valence electrons. The Morgan fingerprint density at radius 2 is 1.47 bits per heavy atom. The van der Waals surface area contributed by atoms with E-state index < -0.39 is 5.97 Å². The van der Waals surface area contributed by atoms with Gasteiger partial charge < -0.3 is 15.1 Å². The maximum Gasteiger partial charge on any atom is 0.306 e. The SMILES string of the molecule is O=C(O)C1CCC(C(=O)N2C3CCC2CC(O)C3)C1. The van der Waals surface area contributed by atoms with Crippen LogP contribution in [-0.4, -0.2) is 45.2 Å². The molecular weight excluding hydrogens is 246 g/mol. The number of carbonyl (C=O) groups excluding carboxylic acids is 1. The molecule has 3 rings (SSSR count). The van der Waals surface area contributed by atoms with Gasteiger partial charge in [0.1, 0.15) is 0 Å². The molecule has 0 radical (unpaired) electrons. The van der Waals surface area contributed by atoms with Crippen LogP contribution in [0.5, 0.6) is 0 Å². The number of carbonyl (C=O) groups is 2. The number of piperidine rings is 1. The van der Waals surface area contributed by atoms with Gasteiger partial charge in [-0.25, -0.2) is 0 Å². The number of hydrogen-bond donors (Lipinski definition) is 2. The van der Waals surface area contributed by atoms with Gasteiger partial charge in [-0.3, -0.25) is 9.59 Å². The highest BCUT2D eigenvalue weighted by Gasteiger charge is 2.46. The molecule has 3 aliphatic rings. The van der Waals surface area contributed by atoms with Gasteiger partial charge in [0.05, 0.1) is 12.0 Å². The van der Waals surface area contributed by atoms with Crippen LogP contribution in [0.3, 0.4) is 0 Å². The molecule has 2 bridgehead atoms. The van der Waals surface area contributed by atoms with Crippen LogP contribution in [0.1, 0.15) is 44.9 Å². The molecule has 4 unspecified atom stereocenters. The van der Waals surface area contributed by atoms with Crippen LogP contribution in [0.15, 0.2) is 0 Å². The second-order valence-corrected chi connectivity index (χ2v) is 6.30. The van der Waals surface area contributed by atoms with E-state index in [4.69, 9.17) is 5.11 Å². The summed E-state index contributed by atoms with van der Waals surface area (Å²) < 4.78 is 0. The lowest BCUT2D eigenvalue weighted by Crippen LogP contribution is -2.49. The summed E-state index contributed by atoms with van der Waals surface area (Å²) >= 11 is 0. The van der Waals surface area contributed by atoms with Gasteiger partial charge in [0.15, 0.2) is 0 Å². The first kappa shape index (κ1) is 12.9. The van der Waals surface area contributed by atoms with Gasteiger partial charge in [-0.15, -0.1) is 0 Å². The number of hydrogen-bond acceptors (Lipinski definition) is 3. The Labute approximate surface area is 112 Å². The second kappa shape index (κ2) is 4.78. The van der Waals surface area contributed by atoms with E-state index in [0.717, 1.165) is 12.8 Å². The molecule has 3 fully saturated rings. The van der Waals surface area contributed by atoms with Crippen molar-refractivity contribution < 1.29 is 19.8 Å². The average molecular weight is 267 g/mol. The Morgan fingerprint density at radius 3 is 2.00 bits per heavy atom. The topological polar surface area (TPSA) is 77.8 Å². The van der Waals surface area contributed by atoms with E-state index in [0.29, 0.717) is 32.1 Å². The van der Waals surface area contributed by atoms with E-state index in [1.807, 2.05) is 4.90 Å². The molecule has 1 aliphatic carbocycles. The van der Waals surface area contributed by atoms with Crippen molar-refractivity contribution in [3.63, 3.8) is 0 Å². The van der Waals surface area contributed by atoms with Crippen molar-refractivity contribution in [1.82, 2.24) is 4.90 Å². The maximum absolute atomic E-state index is 12.6. The van der Waals surface area contributed by atoms with E-state index in [9.17, 15) is 14.7 Å². The molecular formula is C14H21NO4. The van der Waals surface area contributed by atoms with Crippen molar-refractivity contribution in [2.45, 2.75) is 63.1 Å². The lowest BCUT2D eigenvalue weighted by Gasteiger charge is -2.38. The summed E-state index contributed by atoms with van der Waals surface area (Å²) in [6, 6.07) is 0.371. The third kappa shape index (κ3) is 2.24. The van der Waals surface area contributed by atoms with E-state index in [1.165, 1.54) is 0 Å². The number of aliphatic hydroxyl groups is 1. The molecule has 0 spiro atoms. The molecule has 2 aliphatic heterocycles. The van der Waals surface area contributed by atoms with Crippen molar-refractivity contribution >= 4 is 11.9 Å². The predicted molar refractivity (Wildman–Crippen MR) is 67.4 cm³/mol. The largest absolute Gasteiger partial charge is 0.481 e. The number of nitrogens with zero attached hydrogens (tertiary/aromatic N) is 1. The van der Waals surface area contributed by atoms with Crippen LogP contribution >= 0.6 is 0 Å². The minimum Gasteiger partial charge on any atom is -0.481 e. The highest BCUT2D eigenvalue weighted by Crippen LogP contribution is 2.40. The van der Waals surface area contributed by atoms with Crippen molar-refractivity contribution in [3.05, 3.63) is 0 Å². The quantitative estimate of drug-likeness (QED) is 0.782. The fourth-order valence-corrected chi connectivity index (χ4v) is 4.15. The predicted octanol–water partition coefficient (Wildman–Crippen LogP) is 1.00. The molecule has 2 heterocycles. The summed E-state index contributed by atoms with van der Waals surface area (Å²) in [7, 11) is 0. The fraction of sp³-hybridized carbons (Fsp3) is 0.857. The zero-order valence-electron chi connectivity index (χ0n) is 11.0. The summed E-state index contributed by atoms with van der Waals surface area (Å²) in [6.07, 6.45) is 4.91. The highest BCUT2D eigenvalue weighted by molar-refractivity contribution is 5.82. The first-order valence-electron chi connectivity index (χ1n) is 7.29. The average Bonchev–Trinajstić information content (AvgIpc) is 2.93. The minimum absolute atomic E-state index is 0.112. The van der Waals surface area contributed by atoms with Gasteiger partial charge in [0.25, 0.3) is 0 Å². The van der Waals surface area contributed by atoms with Crippen LogP contribution in [0.25, 0.3) is 0 Å². The van der Waals surface area contributed by atoms with E-state index in [-0.39, 0.29) is 35.9 Å². The number of carboxylic acids is 1. The Bertz CT molecular complexity index is 383. The molecule has 2 saturated heterocycles. The van der Waals surface area contributed by atoms with E-state index in [2.05, 4.69) is 0 Å². The number of rotatable bonds is 2. The highest BCUT2D eigenvalue weighted by atomic mass is 16.4. The molecule has 2 N–H and O–H groups in total. The third-order valence-corrected chi connectivity index (χ3v) is 5.09. The zero-order chi connectivity index (χ0) is 13.6. The minimum atomic E-state index is -0.771. The van der Waals surface area contributed by atoms with Crippen LogP contribution in [0.2, 0.25) is 0 Å². The van der Waals surface area contributed by atoms with Crippen LogP contribution < -0.4 is 0 Å². The van der Waals surface area contributed by atoms with Crippen LogP contribution in [0, 0.1) is 11.8 Å². The number of fused-ring (bicyclic) bond motifs is 2. The van der Waals surface area contributed by atoms with Gasteiger partial charge in [0, 0.05) is 18.0 Å². The van der Waals surface area contributed by atoms with Gasteiger partial charge in [-0.2, -0.15) is 0 Å². The van der Waals surface area contributed by atoms with Crippen molar-refractivity contribution in [2.24, 2.45) is 11.8 Å². The van der Waals surface area contributed by atoms with Crippen molar-refractivity contribution in [2.75, 3.05) is 0 Å². The number of carboxylic acid groups (broad SMARTS) is 1. The van der Waals surface area contributed by atoms with E-state index >= 15 is 0 Å². The molecule has 0 aromatic carbocycles. The smallest absolute Gasteiger partial charge is 0.306 e. The molecule has 1 amide bonds. The lowest BCUT2D eigenvalue weighted by molar-refractivity contribution is -0.143. The normalized spacial score (nSPS) is 41.5. The van der Waals surface area contributed by atoms with Gasteiger partial charge in [-0.1, -0.05) is 0 Å². The Balaban J connectivity index is 1.67. The summed E-state index contributed by atoms with van der Waals surface area (Å²) in [4.78, 5) is 25.5. The monoisotopic (exact) mass is 267 g/mol. The molecule has 19 heavy (non-hydrogen) atoms. The van der Waals surface area contributed by atoms with Gasteiger partial charge >= 0.3 is 5.97 Å². The summed E-state index contributed by atoms with van der Waals surface area (Å²) in [5.41, 5.74) is 0. The number of amides is 1. The van der Waals surface area contributed by atoms with Gasteiger partial charge in [0.2, 0.25) is 5.91 Å². The van der Waals surface area contributed by atoms with Crippen LogP contribution in [0.4, 0.5) is 0 Å². The summed E-state index contributed by atoms with van der Waals surface area (Å²) in [6.45, 7) is 0. The summed E-state index contributed by atoms with van der Waals surface area (Å²) in [5, 5.41) is 18.8. The molecule has 4 atom stereocenters. The van der Waals surface area contributed by atoms with Crippen molar-refractivity contribution in [3.8, 4) is 0 Å². The summed E-state index contributed by atoms with van der Waals surface area (Å²) in [5.74, 6) is -1.09. The first-order chi connectivity index (χ1) is 9.06. The molecule has 1 saturated carbocycles. The standard InChI is InChI=1S/C14H21NO4/c16-12-6-10-3-4-11(7-12)15(10)13(17)8-1-2-9(5-8)14(18)19/h8-12,16H,1-7H2,(H,18,19). The number of aliphatic hydroxyl groups excluding tert-OH is 1. The molecule has 5 nitrogen and oxygen atoms in total. The Hall–Kier alpha value is -1.10.